The van der Waals surface area contributed by atoms with Crippen molar-refractivity contribution in [3.05, 3.63) is 0 Å². The lowest BCUT2D eigenvalue weighted by Crippen LogP contribution is -2.47. The molecule has 0 saturated heterocycles. The molecule has 2 fully saturated rings. The predicted octanol–water partition coefficient (Wildman–Crippen LogP) is 2.51. The third kappa shape index (κ3) is 3.44. The van der Waals surface area contributed by atoms with Crippen molar-refractivity contribution in [2.45, 2.75) is 52.0 Å². The van der Waals surface area contributed by atoms with E-state index in [0.29, 0.717) is 18.5 Å². The van der Waals surface area contributed by atoms with Crippen LogP contribution in [-0.2, 0) is 4.79 Å². The van der Waals surface area contributed by atoms with Crippen molar-refractivity contribution in [1.29, 1.82) is 0 Å². The highest BCUT2D eigenvalue weighted by Crippen LogP contribution is 2.46. The molecule has 98 valence electrons. The summed E-state index contributed by atoms with van der Waals surface area (Å²) in [4.78, 5) is 11.1. The van der Waals surface area contributed by atoms with Crippen molar-refractivity contribution >= 4 is 5.97 Å². The molecule has 0 radical (unpaired) electrons. The van der Waals surface area contributed by atoms with Gasteiger partial charge in [-0.2, -0.15) is 0 Å². The molecule has 0 heterocycles. The van der Waals surface area contributed by atoms with Gasteiger partial charge in [0.05, 0.1) is 5.92 Å². The van der Waals surface area contributed by atoms with E-state index in [4.69, 9.17) is 0 Å². The SMILES string of the molecule is CC(C)CC(CNC1CCC1C1CC1)C(=O)O. The van der Waals surface area contributed by atoms with Crippen LogP contribution in [0, 0.1) is 23.7 Å². The zero-order valence-electron chi connectivity index (χ0n) is 11.0. The summed E-state index contributed by atoms with van der Waals surface area (Å²) < 4.78 is 0. The summed E-state index contributed by atoms with van der Waals surface area (Å²) in [6.45, 7) is 4.83. The maximum absolute atomic E-state index is 11.1. The fraction of sp³-hybridized carbons (Fsp3) is 0.929. The second-order valence-electron chi connectivity index (χ2n) is 6.26. The summed E-state index contributed by atoms with van der Waals surface area (Å²) in [5, 5.41) is 12.7. The average Bonchev–Trinajstić information content (AvgIpc) is 2.98. The van der Waals surface area contributed by atoms with Crippen molar-refractivity contribution in [2.24, 2.45) is 23.7 Å². The van der Waals surface area contributed by atoms with Gasteiger partial charge in [0, 0.05) is 12.6 Å². The molecule has 0 aromatic heterocycles. The summed E-state index contributed by atoms with van der Waals surface area (Å²) >= 11 is 0. The van der Waals surface area contributed by atoms with E-state index in [1.807, 2.05) is 0 Å². The normalized spacial score (nSPS) is 30.1. The van der Waals surface area contributed by atoms with Crippen LogP contribution >= 0.6 is 0 Å². The molecule has 2 aliphatic rings. The minimum atomic E-state index is -0.645. The number of hydrogen-bond acceptors (Lipinski definition) is 2. The quantitative estimate of drug-likeness (QED) is 0.717. The van der Waals surface area contributed by atoms with E-state index in [9.17, 15) is 9.90 Å². The Morgan fingerprint density at radius 1 is 1.29 bits per heavy atom. The van der Waals surface area contributed by atoms with Gasteiger partial charge in [0.15, 0.2) is 0 Å². The first-order chi connectivity index (χ1) is 8.08. The summed E-state index contributed by atoms with van der Waals surface area (Å²) in [7, 11) is 0. The highest BCUT2D eigenvalue weighted by Gasteiger charge is 2.41. The Hall–Kier alpha value is -0.570. The Bertz CT molecular complexity index is 273. The van der Waals surface area contributed by atoms with Crippen molar-refractivity contribution in [2.75, 3.05) is 6.54 Å². The molecule has 0 amide bonds. The third-order valence-corrected chi connectivity index (χ3v) is 4.29. The van der Waals surface area contributed by atoms with Crippen molar-refractivity contribution in [3.8, 4) is 0 Å². The van der Waals surface area contributed by atoms with Gasteiger partial charge in [-0.05, 0) is 49.9 Å². The number of hydrogen-bond donors (Lipinski definition) is 2. The van der Waals surface area contributed by atoms with E-state index in [2.05, 4.69) is 19.2 Å². The molecule has 0 aliphatic heterocycles. The van der Waals surface area contributed by atoms with E-state index < -0.39 is 5.97 Å². The van der Waals surface area contributed by atoms with Crippen LogP contribution in [0.2, 0.25) is 0 Å². The van der Waals surface area contributed by atoms with Gasteiger partial charge in [0.2, 0.25) is 0 Å². The second kappa shape index (κ2) is 5.38. The molecule has 3 heteroatoms. The van der Waals surface area contributed by atoms with Crippen LogP contribution in [0.25, 0.3) is 0 Å². The van der Waals surface area contributed by atoms with E-state index in [0.717, 1.165) is 18.3 Å². The smallest absolute Gasteiger partial charge is 0.307 e. The van der Waals surface area contributed by atoms with E-state index in [1.165, 1.54) is 25.7 Å². The standard InChI is InChI=1S/C14H25NO2/c1-9(2)7-11(14(16)17)8-15-13-6-5-12(13)10-3-4-10/h9-13,15H,3-8H2,1-2H3,(H,16,17). The largest absolute Gasteiger partial charge is 0.481 e. The topological polar surface area (TPSA) is 49.3 Å². The van der Waals surface area contributed by atoms with Crippen LogP contribution in [0.5, 0.6) is 0 Å². The zero-order valence-corrected chi connectivity index (χ0v) is 11.0. The third-order valence-electron chi connectivity index (χ3n) is 4.29. The number of carbonyl (C=O) groups is 1. The predicted molar refractivity (Wildman–Crippen MR) is 67.8 cm³/mol. The lowest BCUT2D eigenvalue weighted by atomic mass is 9.76. The highest BCUT2D eigenvalue weighted by molar-refractivity contribution is 5.70. The molecular formula is C14H25NO2. The number of carboxylic acids is 1. The van der Waals surface area contributed by atoms with Gasteiger partial charge in [-0.1, -0.05) is 13.8 Å². The zero-order chi connectivity index (χ0) is 12.4. The van der Waals surface area contributed by atoms with Gasteiger partial charge in [-0.25, -0.2) is 0 Å². The minimum Gasteiger partial charge on any atom is -0.481 e. The molecule has 2 N–H and O–H groups in total. The highest BCUT2D eigenvalue weighted by atomic mass is 16.4. The van der Waals surface area contributed by atoms with Gasteiger partial charge in [0.1, 0.15) is 0 Å². The Morgan fingerprint density at radius 3 is 2.41 bits per heavy atom. The Balaban J connectivity index is 1.72. The maximum atomic E-state index is 11.1. The molecule has 2 rings (SSSR count). The van der Waals surface area contributed by atoms with E-state index in [1.54, 1.807) is 0 Å². The minimum absolute atomic E-state index is 0.213. The Labute approximate surface area is 104 Å². The summed E-state index contributed by atoms with van der Waals surface area (Å²) in [6.07, 6.45) is 6.18. The molecule has 17 heavy (non-hydrogen) atoms. The molecule has 3 unspecified atom stereocenters. The molecule has 0 bridgehead atoms. The first-order valence-electron chi connectivity index (χ1n) is 7.04. The van der Waals surface area contributed by atoms with Crippen LogP contribution in [0.3, 0.4) is 0 Å². The lowest BCUT2D eigenvalue weighted by molar-refractivity contribution is -0.142. The van der Waals surface area contributed by atoms with E-state index in [-0.39, 0.29) is 5.92 Å². The molecule has 0 spiro atoms. The van der Waals surface area contributed by atoms with E-state index >= 15 is 0 Å². The van der Waals surface area contributed by atoms with Gasteiger partial charge in [-0.15, -0.1) is 0 Å². The van der Waals surface area contributed by atoms with Crippen LogP contribution in [-0.4, -0.2) is 23.7 Å². The van der Waals surface area contributed by atoms with Crippen LogP contribution in [0.4, 0.5) is 0 Å². The fourth-order valence-electron chi connectivity index (χ4n) is 3.00. The molecular weight excluding hydrogens is 214 g/mol. The van der Waals surface area contributed by atoms with Crippen LogP contribution < -0.4 is 5.32 Å². The lowest BCUT2D eigenvalue weighted by Gasteiger charge is -2.38. The number of nitrogens with one attached hydrogen (secondary N) is 1. The molecule has 0 aromatic carbocycles. The van der Waals surface area contributed by atoms with Crippen molar-refractivity contribution in [3.63, 3.8) is 0 Å². The number of aliphatic carboxylic acids is 1. The Morgan fingerprint density at radius 2 is 2.00 bits per heavy atom. The molecule has 0 aromatic rings. The van der Waals surface area contributed by atoms with Gasteiger partial charge >= 0.3 is 5.97 Å². The number of rotatable bonds is 7. The number of carboxylic acid groups (broad SMARTS) is 1. The second-order valence-corrected chi connectivity index (χ2v) is 6.26. The molecule has 2 saturated carbocycles. The Kier molecular flexibility index (Phi) is 4.08. The first-order valence-corrected chi connectivity index (χ1v) is 7.04. The van der Waals surface area contributed by atoms with Gasteiger partial charge in [-0.3, -0.25) is 4.79 Å². The summed E-state index contributed by atoms with van der Waals surface area (Å²) in [6, 6.07) is 0.608. The molecule has 3 atom stereocenters. The monoisotopic (exact) mass is 239 g/mol. The average molecular weight is 239 g/mol. The van der Waals surface area contributed by atoms with Gasteiger partial charge < -0.3 is 10.4 Å². The maximum Gasteiger partial charge on any atom is 0.307 e. The summed E-state index contributed by atoms with van der Waals surface area (Å²) in [5.74, 6) is 1.40. The molecule has 2 aliphatic carbocycles. The van der Waals surface area contributed by atoms with Gasteiger partial charge in [0.25, 0.3) is 0 Å². The molecule has 3 nitrogen and oxygen atoms in total. The summed E-state index contributed by atoms with van der Waals surface area (Å²) in [5.41, 5.74) is 0. The van der Waals surface area contributed by atoms with Crippen molar-refractivity contribution < 1.29 is 9.90 Å². The van der Waals surface area contributed by atoms with Crippen molar-refractivity contribution in [1.82, 2.24) is 5.32 Å². The van der Waals surface area contributed by atoms with Crippen LogP contribution in [0.1, 0.15) is 46.0 Å². The first kappa shape index (κ1) is 12.9. The fourth-order valence-corrected chi connectivity index (χ4v) is 3.00. The van der Waals surface area contributed by atoms with Crippen LogP contribution in [0.15, 0.2) is 0 Å².